The highest BCUT2D eigenvalue weighted by molar-refractivity contribution is 7.47. The molecule has 0 aliphatic rings. The van der Waals surface area contributed by atoms with E-state index in [1.54, 1.807) is 0 Å². The van der Waals surface area contributed by atoms with Crippen LogP contribution in [0.15, 0.2) is 97.2 Å². The highest BCUT2D eigenvalue weighted by Gasteiger charge is 2.30. The first kappa shape index (κ1) is 82.9. The van der Waals surface area contributed by atoms with E-state index >= 15 is 0 Å². The third kappa shape index (κ3) is 65.4. The molecule has 0 saturated carbocycles. The summed E-state index contributed by atoms with van der Waals surface area (Å²) in [5.74, 6) is -0.512. The first-order valence-electron chi connectivity index (χ1n) is 36.1. The van der Waals surface area contributed by atoms with Crippen LogP contribution in [-0.4, -0.2) is 74.3 Å². The number of carbonyl (C=O) groups is 2. The molecule has 1 amide bonds. The van der Waals surface area contributed by atoms with E-state index in [1.807, 2.05) is 33.3 Å². The largest absolute Gasteiger partial charge is 0.472 e. The first-order chi connectivity index (χ1) is 41.9. The van der Waals surface area contributed by atoms with Crippen molar-refractivity contribution in [1.29, 1.82) is 0 Å². The van der Waals surface area contributed by atoms with Crippen LogP contribution in [0.5, 0.6) is 0 Å². The Morgan fingerprint density at radius 3 is 1.14 bits per heavy atom. The number of ether oxygens (including phenoxy) is 1. The highest BCUT2D eigenvalue weighted by atomic mass is 31.2. The number of nitrogens with one attached hydrogen (secondary N) is 1. The molecule has 0 rings (SSSR count). The number of rotatable bonds is 65. The minimum Gasteiger partial charge on any atom is -0.456 e. The molecule has 0 bridgehead atoms. The molecular formula is C76H138N2O7P+. The fraction of sp³-hybridized carbons (Fsp3) is 0.763. The van der Waals surface area contributed by atoms with Crippen molar-refractivity contribution in [1.82, 2.24) is 5.32 Å². The third-order valence-electron chi connectivity index (χ3n) is 15.8. The Morgan fingerprint density at radius 2 is 0.744 bits per heavy atom. The van der Waals surface area contributed by atoms with Gasteiger partial charge in [-0.25, -0.2) is 4.57 Å². The summed E-state index contributed by atoms with van der Waals surface area (Å²) in [5.41, 5.74) is 0. The van der Waals surface area contributed by atoms with Crippen LogP contribution < -0.4 is 5.32 Å². The molecule has 0 heterocycles. The molecule has 0 spiro atoms. The predicted molar refractivity (Wildman–Crippen MR) is 374 cm³/mol. The number of unbranched alkanes of at least 4 members (excludes halogenated alkanes) is 35. The average molecular weight is 1220 g/mol. The molecular weight excluding hydrogens is 1080 g/mol. The first-order valence-corrected chi connectivity index (χ1v) is 37.6. The molecule has 86 heavy (non-hydrogen) atoms. The van der Waals surface area contributed by atoms with Gasteiger partial charge in [-0.1, -0.05) is 298 Å². The van der Waals surface area contributed by atoms with Crippen molar-refractivity contribution in [2.24, 2.45) is 0 Å². The monoisotopic (exact) mass is 1220 g/mol. The van der Waals surface area contributed by atoms with Crippen molar-refractivity contribution in [3.8, 4) is 0 Å². The number of likely N-dealkylation sites (N-methyl/N-ethyl adjacent to an activating group) is 1. The summed E-state index contributed by atoms with van der Waals surface area (Å²) in [6.45, 7) is 6.89. The minimum absolute atomic E-state index is 0.0347. The van der Waals surface area contributed by atoms with E-state index in [1.165, 1.54) is 180 Å². The molecule has 3 atom stereocenters. The summed E-state index contributed by atoms with van der Waals surface area (Å²) in [7, 11) is 1.49. The van der Waals surface area contributed by atoms with Crippen LogP contribution in [0.2, 0.25) is 0 Å². The van der Waals surface area contributed by atoms with Gasteiger partial charge in [0.25, 0.3) is 0 Å². The maximum Gasteiger partial charge on any atom is 0.472 e. The van der Waals surface area contributed by atoms with Gasteiger partial charge in [0.15, 0.2) is 0 Å². The number of allylic oxidation sites excluding steroid dienone is 15. The maximum absolute atomic E-state index is 13.6. The van der Waals surface area contributed by atoms with Crippen LogP contribution >= 0.6 is 7.82 Å². The summed E-state index contributed by atoms with van der Waals surface area (Å²) in [4.78, 5) is 37.9. The van der Waals surface area contributed by atoms with E-state index in [0.29, 0.717) is 17.4 Å². The van der Waals surface area contributed by atoms with Crippen LogP contribution in [0.4, 0.5) is 0 Å². The van der Waals surface area contributed by atoms with E-state index in [4.69, 9.17) is 13.8 Å². The Balaban J connectivity index is 5.07. The van der Waals surface area contributed by atoms with E-state index < -0.39 is 20.0 Å². The zero-order chi connectivity index (χ0) is 62.8. The van der Waals surface area contributed by atoms with Gasteiger partial charge in [-0.3, -0.25) is 18.6 Å². The molecule has 0 aromatic heterocycles. The van der Waals surface area contributed by atoms with Gasteiger partial charge in [0.05, 0.1) is 33.8 Å². The van der Waals surface area contributed by atoms with Crippen LogP contribution in [0.1, 0.15) is 323 Å². The van der Waals surface area contributed by atoms with Crippen LogP contribution in [-0.2, 0) is 27.9 Å². The van der Waals surface area contributed by atoms with Crippen molar-refractivity contribution in [2.75, 3.05) is 40.9 Å². The summed E-state index contributed by atoms with van der Waals surface area (Å²) in [6.07, 6.45) is 88.5. The molecule has 0 saturated heterocycles. The summed E-state index contributed by atoms with van der Waals surface area (Å²) in [6, 6.07) is -0.860. The molecule has 3 unspecified atom stereocenters. The van der Waals surface area contributed by atoms with Crippen molar-refractivity contribution < 1.29 is 37.3 Å². The van der Waals surface area contributed by atoms with E-state index in [2.05, 4.69) is 111 Å². The Labute approximate surface area is 532 Å². The number of hydrogen-bond acceptors (Lipinski definition) is 6. The number of quaternary nitrogens is 1. The van der Waals surface area contributed by atoms with Crippen LogP contribution in [0.3, 0.4) is 0 Å². The van der Waals surface area contributed by atoms with Gasteiger partial charge in [-0.15, -0.1) is 0 Å². The van der Waals surface area contributed by atoms with Crippen LogP contribution in [0.25, 0.3) is 0 Å². The second-order valence-electron chi connectivity index (χ2n) is 25.4. The molecule has 2 N–H and O–H groups in total. The zero-order valence-corrected chi connectivity index (χ0v) is 57.9. The SMILES string of the molecule is CC/C=C\C/C=C\C/C=C\C/C=C\C/C=C\CCCCCCCCCC(=O)NC(COP(=O)(O)OCC[N+](C)(C)C)C(/C=C/CCCCCCCCCCCC)OC(=O)CCCCCCCCCCCCCCCCC/C=C\C/C=C\CCCCC. The smallest absolute Gasteiger partial charge is 0.456 e. The minimum atomic E-state index is -4.46. The standard InChI is InChI=1S/C76H137N2O7P/c1-7-10-13-16-19-22-25-28-30-32-34-36-38-39-41-43-45-47-49-51-54-57-60-63-66-69-76(80)85-74(67-64-61-58-55-52-27-24-21-18-15-12-9-3)73(72-84-86(81,82)83-71-70-78(4,5)6)77-75(79)68-65-62-59-56-53-50-48-46-44-42-40-37-35-33-31-29-26-23-20-17-14-11-8-2/h11,14,19-20,22-23,28-31,35,37,42,44,64,67,73-74H,7-10,12-13,15-18,21,24-27,32-34,36,38-41,43,45-63,65-66,68-72H2,1-6H3,(H-,77,79,81,82)/p+1/b14-11-,22-19-,23-20-,30-28-,31-29-,37-35-,44-42-,67-64+. The molecule has 9 nitrogen and oxygen atoms in total. The van der Waals surface area contributed by atoms with Gasteiger partial charge in [0, 0.05) is 12.8 Å². The van der Waals surface area contributed by atoms with Crippen LogP contribution in [0, 0.1) is 0 Å². The number of phosphoric acid groups is 1. The molecule has 10 heteroatoms. The lowest BCUT2D eigenvalue weighted by molar-refractivity contribution is -0.870. The molecule has 0 aliphatic heterocycles. The summed E-state index contributed by atoms with van der Waals surface area (Å²) < 4.78 is 30.8. The Morgan fingerprint density at radius 1 is 0.419 bits per heavy atom. The van der Waals surface area contributed by atoms with Crippen molar-refractivity contribution in [3.63, 3.8) is 0 Å². The number of carbonyl (C=O) groups excluding carboxylic acids is 2. The number of nitrogens with zero attached hydrogens (tertiary/aromatic N) is 1. The third-order valence-corrected chi connectivity index (χ3v) is 16.7. The number of hydrogen-bond donors (Lipinski definition) is 2. The Bertz CT molecular complexity index is 1790. The topological polar surface area (TPSA) is 111 Å². The lowest BCUT2D eigenvalue weighted by Gasteiger charge is -2.27. The average Bonchev–Trinajstić information content (AvgIpc) is 3.66. The zero-order valence-electron chi connectivity index (χ0n) is 57.0. The van der Waals surface area contributed by atoms with Gasteiger partial charge in [0.1, 0.15) is 19.3 Å². The fourth-order valence-corrected chi connectivity index (χ4v) is 11.0. The Kier molecular flexibility index (Phi) is 62.6. The second kappa shape index (κ2) is 64.9. The molecule has 498 valence electrons. The molecule has 0 aromatic rings. The van der Waals surface area contributed by atoms with E-state index in [9.17, 15) is 19.0 Å². The lowest BCUT2D eigenvalue weighted by Crippen LogP contribution is -2.47. The predicted octanol–water partition coefficient (Wildman–Crippen LogP) is 23.1. The highest BCUT2D eigenvalue weighted by Crippen LogP contribution is 2.43. The normalized spacial score (nSPS) is 14.1. The van der Waals surface area contributed by atoms with Gasteiger partial charge < -0.3 is 19.4 Å². The van der Waals surface area contributed by atoms with Gasteiger partial charge >= 0.3 is 13.8 Å². The molecule has 0 radical (unpaired) electrons. The fourth-order valence-electron chi connectivity index (χ4n) is 10.2. The lowest BCUT2D eigenvalue weighted by atomic mass is 10.0. The number of amides is 1. The molecule has 0 aliphatic carbocycles. The van der Waals surface area contributed by atoms with Gasteiger partial charge in [-0.05, 0) is 109 Å². The van der Waals surface area contributed by atoms with Crippen molar-refractivity contribution in [3.05, 3.63) is 97.2 Å². The number of esters is 1. The number of phosphoric ester groups is 1. The maximum atomic E-state index is 13.6. The molecule has 0 aromatic carbocycles. The van der Waals surface area contributed by atoms with Gasteiger partial charge in [0.2, 0.25) is 5.91 Å². The van der Waals surface area contributed by atoms with Gasteiger partial charge in [-0.2, -0.15) is 0 Å². The van der Waals surface area contributed by atoms with E-state index in [-0.39, 0.29) is 31.5 Å². The summed E-state index contributed by atoms with van der Waals surface area (Å²) >= 11 is 0. The van der Waals surface area contributed by atoms with Crippen molar-refractivity contribution >= 4 is 19.7 Å². The Hall–Kier alpha value is -3.07. The quantitative estimate of drug-likeness (QED) is 0.0205. The van der Waals surface area contributed by atoms with Crippen molar-refractivity contribution in [2.45, 2.75) is 335 Å². The second-order valence-corrected chi connectivity index (χ2v) is 26.8. The van der Waals surface area contributed by atoms with E-state index in [0.717, 1.165) is 109 Å². The summed E-state index contributed by atoms with van der Waals surface area (Å²) in [5, 5.41) is 3.07. The molecule has 0 fully saturated rings.